The second-order valence-electron chi connectivity index (χ2n) is 8.55. The lowest BCUT2D eigenvalue weighted by Crippen LogP contribution is -2.45. The zero-order valence-corrected chi connectivity index (χ0v) is 17.6. The van der Waals surface area contributed by atoms with Crippen molar-refractivity contribution < 1.29 is 27.1 Å². The van der Waals surface area contributed by atoms with Crippen LogP contribution in [0.4, 0.5) is 13.2 Å². The summed E-state index contributed by atoms with van der Waals surface area (Å²) in [6.07, 6.45) is -0.321. The zero-order chi connectivity index (χ0) is 20.7. The van der Waals surface area contributed by atoms with Crippen LogP contribution < -0.4 is 0 Å². The van der Waals surface area contributed by atoms with E-state index < -0.39 is 25.7 Å². The molecule has 0 aromatic heterocycles. The molecular formula is C20H27F3O3Si. The summed E-state index contributed by atoms with van der Waals surface area (Å²) < 4.78 is 49.5. The molecule has 0 aliphatic heterocycles. The van der Waals surface area contributed by atoms with E-state index in [9.17, 15) is 18.0 Å². The molecule has 0 spiro atoms. The van der Waals surface area contributed by atoms with Gasteiger partial charge in [-0.25, -0.2) is 0 Å². The third-order valence-electron chi connectivity index (χ3n) is 5.49. The minimum Gasteiger partial charge on any atom is -0.469 e. The van der Waals surface area contributed by atoms with E-state index in [0.717, 1.165) is 12.1 Å². The first-order chi connectivity index (χ1) is 12.2. The molecule has 7 heteroatoms. The molecule has 2 atom stereocenters. The van der Waals surface area contributed by atoms with Crippen molar-refractivity contribution in [3.8, 4) is 0 Å². The number of methoxy groups -OCH3 is 1. The number of hydrogen-bond acceptors (Lipinski definition) is 3. The van der Waals surface area contributed by atoms with Crippen LogP contribution in [0.1, 0.15) is 38.3 Å². The summed E-state index contributed by atoms with van der Waals surface area (Å²) in [5.74, 6) is -0.715. The highest BCUT2D eigenvalue weighted by atomic mass is 28.4. The lowest BCUT2D eigenvalue weighted by atomic mass is 10.1. The Morgan fingerprint density at radius 2 is 1.74 bits per heavy atom. The summed E-state index contributed by atoms with van der Waals surface area (Å²) in [6, 6.07) is 4.92. The SMILES string of the molecule is COC(=O)[C@H]1C[C@]1(/C=C/c1ccc(C(F)(F)F)cc1)O[Si](C)(C)C(C)(C)C. The number of benzene rings is 1. The van der Waals surface area contributed by atoms with Crippen LogP contribution >= 0.6 is 0 Å². The predicted octanol–water partition coefficient (Wildman–Crippen LogP) is 5.67. The lowest BCUT2D eigenvalue weighted by Gasteiger charge is -2.39. The highest BCUT2D eigenvalue weighted by molar-refractivity contribution is 6.74. The fraction of sp³-hybridized carbons (Fsp3) is 0.550. The number of ether oxygens (including phenoxy) is 1. The Balaban J connectivity index is 2.26. The number of carbonyl (C=O) groups is 1. The van der Waals surface area contributed by atoms with E-state index in [1.165, 1.54) is 19.2 Å². The smallest absolute Gasteiger partial charge is 0.416 e. The second kappa shape index (κ2) is 7.09. The van der Waals surface area contributed by atoms with Crippen molar-refractivity contribution in [3.05, 3.63) is 41.5 Å². The van der Waals surface area contributed by atoms with Crippen LogP contribution in [0.3, 0.4) is 0 Å². The number of alkyl halides is 3. The summed E-state index contributed by atoms with van der Waals surface area (Å²) in [6.45, 7) is 10.5. The Kier molecular flexibility index (Phi) is 5.70. The van der Waals surface area contributed by atoms with Gasteiger partial charge in [0.25, 0.3) is 0 Å². The molecule has 0 heterocycles. The molecule has 0 N–H and O–H groups in total. The van der Waals surface area contributed by atoms with Crippen molar-refractivity contribution in [2.45, 2.75) is 57.1 Å². The van der Waals surface area contributed by atoms with Gasteiger partial charge in [-0.15, -0.1) is 0 Å². The van der Waals surface area contributed by atoms with E-state index in [4.69, 9.17) is 9.16 Å². The zero-order valence-electron chi connectivity index (χ0n) is 16.6. The van der Waals surface area contributed by atoms with Gasteiger partial charge in [-0.1, -0.05) is 45.1 Å². The van der Waals surface area contributed by atoms with Gasteiger partial charge in [0, 0.05) is 0 Å². The van der Waals surface area contributed by atoms with Gasteiger partial charge < -0.3 is 9.16 Å². The van der Waals surface area contributed by atoms with Crippen molar-refractivity contribution in [1.29, 1.82) is 0 Å². The molecule has 1 aromatic carbocycles. The first kappa shape index (κ1) is 21.7. The molecule has 0 radical (unpaired) electrons. The molecule has 0 saturated heterocycles. The van der Waals surface area contributed by atoms with Gasteiger partial charge >= 0.3 is 12.1 Å². The molecule has 1 aliphatic carbocycles. The van der Waals surface area contributed by atoms with Crippen molar-refractivity contribution >= 4 is 20.4 Å². The van der Waals surface area contributed by atoms with E-state index in [1.54, 1.807) is 12.2 Å². The maximum atomic E-state index is 12.7. The number of esters is 1. The van der Waals surface area contributed by atoms with E-state index in [-0.39, 0.29) is 16.9 Å². The molecule has 0 bridgehead atoms. The van der Waals surface area contributed by atoms with E-state index in [2.05, 4.69) is 33.9 Å². The van der Waals surface area contributed by atoms with E-state index in [0.29, 0.717) is 12.0 Å². The Morgan fingerprint density at radius 3 is 2.19 bits per heavy atom. The molecule has 150 valence electrons. The largest absolute Gasteiger partial charge is 0.469 e. The maximum Gasteiger partial charge on any atom is 0.416 e. The van der Waals surface area contributed by atoms with Gasteiger partial charge in [-0.05, 0) is 42.2 Å². The summed E-state index contributed by atoms with van der Waals surface area (Å²) >= 11 is 0. The van der Waals surface area contributed by atoms with Crippen LogP contribution in [-0.2, 0) is 20.1 Å². The maximum absolute atomic E-state index is 12.7. The van der Waals surface area contributed by atoms with Gasteiger partial charge in [0.2, 0.25) is 0 Å². The summed E-state index contributed by atoms with van der Waals surface area (Å²) in [7, 11) is -0.813. The third kappa shape index (κ3) is 4.82. The van der Waals surface area contributed by atoms with Gasteiger partial charge in [0.15, 0.2) is 8.32 Å². The van der Waals surface area contributed by atoms with Crippen molar-refractivity contribution in [2.24, 2.45) is 5.92 Å². The standard InChI is InChI=1S/C20H27F3O3Si/c1-18(2,3)27(5,6)26-19(13-16(19)17(24)25-4)12-11-14-7-9-15(10-8-14)20(21,22)23/h7-12,16H,13H2,1-6H3/b12-11+/t16-,19+/m1/s1. The fourth-order valence-corrected chi connectivity index (χ4v) is 4.21. The molecule has 3 nitrogen and oxygen atoms in total. The molecular weight excluding hydrogens is 373 g/mol. The number of halogens is 3. The Hall–Kier alpha value is -1.60. The number of carbonyl (C=O) groups excluding carboxylic acids is 1. The van der Waals surface area contributed by atoms with Gasteiger partial charge in [-0.3, -0.25) is 4.79 Å². The summed E-state index contributed by atoms with van der Waals surface area (Å²) in [5, 5.41) is -0.0363. The van der Waals surface area contributed by atoms with Crippen LogP contribution in [0.25, 0.3) is 6.08 Å². The molecule has 2 rings (SSSR count). The minimum absolute atomic E-state index is 0.0363. The van der Waals surface area contributed by atoms with Crippen LogP contribution in [0.5, 0.6) is 0 Å². The highest BCUT2D eigenvalue weighted by Crippen LogP contribution is 2.53. The quantitative estimate of drug-likeness (QED) is 0.472. The molecule has 27 heavy (non-hydrogen) atoms. The van der Waals surface area contributed by atoms with Crippen molar-refractivity contribution in [2.75, 3.05) is 7.11 Å². The van der Waals surface area contributed by atoms with Crippen LogP contribution in [-0.4, -0.2) is 27.0 Å². The first-order valence-electron chi connectivity index (χ1n) is 8.86. The fourth-order valence-electron chi connectivity index (χ4n) is 2.66. The second-order valence-corrected chi connectivity index (χ2v) is 13.3. The van der Waals surface area contributed by atoms with Crippen LogP contribution in [0.15, 0.2) is 30.3 Å². The van der Waals surface area contributed by atoms with Crippen LogP contribution in [0, 0.1) is 5.92 Å². The van der Waals surface area contributed by atoms with Crippen LogP contribution in [0.2, 0.25) is 18.1 Å². The van der Waals surface area contributed by atoms with Crippen molar-refractivity contribution in [1.82, 2.24) is 0 Å². The average Bonchev–Trinajstić information content (AvgIpc) is 3.24. The van der Waals surface area contributed by atoms with Gasteiger partial charge in [0.1, 0.15) is 0 Å². The molecule has 0 amide bonds. The van der Waals surface area contributed by atoms with Gasteiger partial charge in [-0.2, -0.15) is 13.2 Å². The van der Waals surface area contributed by atoms with E-state index in [1.807, 2.05) is 0 Å². The normalized spacial score (nSPS) is 23.5. The monoisotopic (exact) mass is 400 g/mol. The minimum atomic E-state index is -4.36. The number of hydrogen-bond donors (Lipinski definition) is 0. The summed E-state index contributed by atoms with van der Waals surface area (Å²) in [5.41, 5.74) is -0.818. The van der Waals surface area contributed by atoms with E-state index >= 15 is 0 Å². The molecule has 0 unspecified atom stereocenters. The predicted molar refractivity (Wildman–Crippen MR) is 102 cm³/mol. The third-order valence-corrected chi connectivity index (χ3v) is 9.99. The molecule has 1 aromatic rings. The number of rotatable bonds is 5. The topological polar surface area (TPSA) is 35.5 Å². The summed E-state index contributed by atoms with van der Waals surface area (Å²) in [4.78, 5) is 12.0. The molecule has 1 fully saturated rings. The van der Waals surface area contributed by atoms with Gasteiger partial charge in [0.05, 0.1) is 24.2 Å². The highest BCUT2D eigenvalue weighted by Gasteiger charge is 2.62. The average molecular weight is 401 g/mol. The Morgan fingerprint density at radius 1 is 1.19 bits per heavy atom. The lowest BCUT2D eigenvalue weighted by molar-refractivity contribution is -0.143. The van der Waals surface area contributed by atoms with Crippen molar-refractivity contribution in [3.63, 3.8) is 0 Å². The molecule has 1 saturated carbocycles. The first-order valence-corrected chi connectivity index (χ1v) is 11.8. The Labute approximate surface area is 159 Å². The molecule has 1 aliphatic rings. The Bertz CT molecular complexity index is 717.